The van der Waals surface area contributed by atoms with Crippen LogP contribution >= 0.6 is 11.6 Å². The van der Waals surface area contributed by atoms with Crippen LogP contribution in [-0.4, -0.2) is 25.1 Å². The minimum Gasteiger partial charge on any atom is -0.481 e. The third kappa shape index (κ3) is 5.31. The number of esters is 1. The molecule has 128 valence electrons. The first-order valence-corrected chi connectivity index (χ1v) is 7.67. The molecule has 1 aromatic carbocycles. The average molecular weight is 352 g/mol. The molecule has 0 fully saturated rings. The minimum absolute atomic E-state index is 0.239. The van der Waals surface area contributed by atoms with Crippen LogP contribution in [0.25, 0.3) is 0 Å². The van der Waals surface area contributed by atoms with Gasteiger partial charge in [0.1, 0.15) is 11.5 Å². The Hall–Kier alpha value is -2.47. The van der Waals surface area contributed by atoms with Crippen molar-refractivity contribution in [1.29, 1.82) is 0 Å². The lowest BCUT2D eigenvalue weighted by Crippen LogP contribution is -2.29. The smallest absolute Gasteiger partial charge is 0.344 e. The van der Waals surface area contributed by atoms with Gasteiger partial charge < -0.3 is 19.2 Å². The van der Waals surface area contributed by atoms with Crippen molar-refractivity contribution in [3.63, 3.8) is 0 Å². The fraction of sp³-hybridized carbons (Fsp3) is 0.294. The van der Waals surface area contributed by atoms with E-state index in [1.807, 2.05) is 13.8 Å². The maximum Gasteiger partial charge on any atom is 0.344 e. The summed E-state index contributed by atoms with van der Waals surface area (Å²) < 4.78 is 15.4. The van der Waals surface area contributed by atoms with Gasteiger partial charge >= 0.3 is 5.97 Å². The molecule has 7 heteroatoms. The summed E-state index contributed by atoms with van der Waals surface area (Å²) in [7, 11) is 0. The first-order chi connectivity index (χ1) is 11.5. The van der Waals surface area contributed by atoms with Gasteiger partial charge in [0.05, 0.1) is 12.8 Å². The number of benzene rings is 1. The van der Waals surface area contributed by atoms with Crippen molar-refractivity contribution in [2.45, 2.75) is 20.4 Å². The molecule has 1 N–H and O–H groups in total. The van der Waals surface area contributed by atoms with Crippen molar-refractivity contribution < 1.29 is 23.5 Å². The average Bonchev–Trinajstić information content (AvgIpc) is 3.03. The summed E-state index contributed by atoms with van der Waals surface area (Å²) in [4.78, 5) is 23.2. The van der Waals surface area contributed by atoms with Gasteiger partial charge in [0.25, 0.3) is 5.91 Å². The van der Waals surface area contributed by atoms with Gasteiger partial charge in [-0.3, -0.25) is 4.79 Å². The Balaban J connectivity index is 1.72. The maximum atomic E-state index is 11.7. The second-order valence-electron chi connectivity index (χ2n) is 5.17. The molecule has 0 unspecified atom stereocenters. The molecule has 0 saturated carbocycles. The summed E-state index contributed by atoms with van der Waals surface area (Å²) in [5, 5.41) is 3.18. The van der Waals surface area contributed by atoms with Gasteiger partial charge in [-0.2, -0.15) is 0 Å². The SMILES string of the molecule is Cc1cc(Cl)cc(C)c1OCC(=O)OCC(=O)NCc1ccco1. The highest BCUT2D eigenvalue weighted by atomic mass is 35.5. The summed E-state index contributed by atoms with van der Waals surface area (Å²) in [6.45, 7) is 3.25. The second kappa shape index (κ2) is 8.40. The predicted molar refractivity (Wildman–Crippen MR) is 87.9 cm³/mol. The van der Waals surface area contributed by atoms with Crippen LogP contribution in [0.4, 0.5) is 0 Å². The first-order valence-electron chi connectivity index (χ1n) is 7.30. The van der Waals surface area contributed by atoms with Crippen LogP contribution in [0, 0.1) is 13.8 Å². The fourth-order valence-corrected chi connectivity index (χ4v) is 2.42. The van der Waals surface area contributed by atoms with Crippen LogP contribution in [0.2, 0.25) is 5.02 Å². The number of amides is 1. The molecule has 1 amide bonds. The number of carbonyl (C=O) groups is 2. The van der Waals surface area contributed by atoms with Gasteiger partial charge in [0.15, 0.2) is 13.2 Å². The molecule has 2 rings (SSSR count). The topological polar surface area (TPSA) is 77.8 Å². The Morgan fingerprint density at radius 2 is 1.92 bits per heavy atom. The van der Waals surface area contributed by atoms with Gasteiger partial charge in [-0.1, -0.05) is 11.6 Å². The monoisotopic (exact) mass is 351 g/mol. The van der Waals surface area contributed by atoms with Crippen molar-refractivity contribution in [3.05, 3.63) is 52.4 Å². The minimum atomic E-state index is -0.628. The lowest BCUT2D eigenvalue weighted by atomic mass is 10.1. The van der Waals surface area contributed by atoms with E-state index in [0.717, 1.165) is 11.1 Å². The predicted octanol–water partition coefficient (Wildman–Crippen LogP) is 2.79. The van der Waals surface area contributed by atoms with Crippen molar-refractivity contribution in [3.8, 4) is 5.75 Å². The van der Waals surface area contributed by atoms with Gasteiger partial charge in [0, 0.05) is 5.02 Å². The number of halogens is 1. The lowest BCUT2D eigenvalue weighted by molar-refractivity contribution is -0.150. The van der Waals surface area contributed by atoms with Crippen LogP contribution in [0.15, 0.2) is 34.9 Å². The molecule has 0 radical (unpaired) electrons. The second-order valence-corrected chi connectivity index (χ2v) is 5.61. The molecule has 0 aliphatic heterocycles. The van der Waals surface area contributed by atoms with Crippen LogP contribution in [0.5, 0.6) is 5.75 Å². The molecule has 0 aliphatic rings. The van der Waals surface area contributed by atoms with Crippen molar-refractivity contribution in [2.75, 3.05) is 13.2 Å². The molecule has 2 aromatic rings. The number of nitrogens with one attached hydrogen (secondary N) is 1. The third-order valence-electron chi connectivity index (χ3n) is 3.16. The molecule has 1 heterocycles. The number of hydrogen-bond donors (Lipinski definition) is 1. The molecule has 0 aliphatic carbocycles. The number of hydrogen-bond acceptors (Lipinski definition) is 5. The largest absolute Gasteiger partial charge is 0.481 e. The highest BCUT2D eigenvalue weighted by Gasteiger charge is 2.11. The molecule has 0 spiro atoms. The molecule has 0 bridgehead atoms. The van der Waals surface area contributed by atoms with Crippen LogP contribution in [-0.2, 0) is 20.9 Å². The van der Waals surface area contributed by atoms with Gasteiger partial charge in [0.2, 0.25) is 0 Å². The number of aryl methyl sites for hydroxylation is 2. The number of rotatable bonds is 7. The molecule has 24 heavy (non-hydrogen) atoms. The quantitative estimate of drug-likeness (QED) is 0.776. The number of ether oxygens (including phenoxy) is 2. The van der Waals surface area contributed by atoms with E-state index >= 15 is 0 Å². The third-order valence-corrected chi connectivity index (χ3v) is 3.38. The summed E-state index contributed by atoms with van der Waals surface area (Å²) in [6.07, 6.45) is 1.51. The maximum absolute atomic E-state index is 11.7. The van der Waals surface area contributed by atoms with E-state index in [0.29, 0.717) is 16.5 Å². The molecule has 0 atom stereocenters. The van der Waals surface area contributed by atoms with E-state index < -0.39 is 11.9 Å². The molecule has 6 nitrogen and oxygen atoms in total. The molecule has 1 aromatic heterocycles. The van der Waals surface area contributed by atoms with Crippen molar-refractivity contribution in [1.82, 2.24) is 5.32 Å². The zero-order chi connectivity index (χ0) is 17.5. The van der Waals surface area contributed by atoms with Gasteiger partial charge in [-0.05, 0) is 49.2 Å². The fourth-order valence-electron chi connectivity index (χ4n) is 2.09. The highest BCUT2D eigenvalue weighted by Crippen LogP contribution is 2.26. The number of furan rings is 1. The molecular weight excluding hydrogens is 334 g/mol. The normalized spacial score (nSPS) is 10.3. The number of carbonyl (C=O) groups excluding carboxylic acids is 2. The van der Waals surface area contributed by atoms with Crippen LogP contribution in [0.1, 0.15) is 16.9 Å². The van der Waals surface area contributed by atoms with Crippen molar-refractivity contribution in [2.24, 2.45) is 0 Å². The van der Waals surface area contributed by atoms with E-state index in [1.54, 1.807) is 24.3 Å². The van der Waals surface area contributed by atoms with Crippen LogP contribution < -0.4 is 10.1 Å². The summed E-state index contributed by atoms with van der Waals surface area (Å²) >= 11 is 5.94. The molecular formula is C17H18ClNO5. The summed E-state index contributed by atoms with van der Waals surface area (Å²) in [5.74, 6) is 0.154. The molecule has 0 saturated heterocycles. The lowest BCUT2D eigenvalue weighted by Gasteiger charge is -2.12. The summed E-state index contributed by atoms with van der Waals surface area (Å²) in [5.41, 5.74) is 1.65. The Bertz CT molecular complexity index is 689. The van der Waals surface area contributed by atoms with E-state index in [4.69, 9.17) is 25.5 Å². The Morgan fingerprint density at radius 1 is 1.21 bits per heavy atom. The van der Waals surface area contributed by atoms with E-state index in [1.165, 1.54) is 6.26 Å². The van der Waals surface area contributed by atoms with E-state index in [2.05, 4.69) is 5.32 Å². The summed E-state index contributed by atoms with van der Waals surface area (Å²) in [6, 6.07) is 6.95. The van der Waals surface area contributed by atoms with Gasteiger partial charge in [-0.25, -0.2) is 4.79 Å². The standard InChI is InChI=1S/C17H18ClNO5/c1-11-6-13(18)7-12(2)17(11)24-10-16(21)23-9-15(20)19-8-14-4-3-5-22-14/h3-7H,8-10H2,1-2H3,(H,19,20). The Morgan fingerprint density at radius 3 is 2.54 bits per heavy atom. The highest BCUT2D eigenvalue weighted by molar-refractivity contribution is 6.30. The zero-order valence-electron chi connectivity index (χ0n) is 13.4. The Kier molecular flexibility index (Phi) is 6.26. The van der Waals surface area contributed by atoms with Crippen LogP contribution in [0.3, 0.4) is 0 Å². The first kappa shape index (κ1) is 17.9. The van der Waals surface area contributed by atoms with E-state index in [9.17, 15) is 9.59 Å². The zero-order valence-corrected chi connectivity index (χ0v) is 14.2. The van der Waals surface area contributed by atoms with Gasteiger partial charge in [-0.15, -0.1) is 0 Å². The Labute approximate surface area is 144 Å². The van der Waals surface area contributed by atoms with Crippen molar-refractivity contribution >= 4 is 23.5 Å². The van der Waals surface area contributed by atoms with E-state index in [-0.39, 0.29) is 19.8 Å².